The Hall–Kier alpha value is -0.480. The van der Waals surface area contributed by atoms with Crippen LogP contribution in [0.1, 0.15) is 57.8 Å². The van der Waals surface area contributed by atoms with Crippen LogP contribution in [0.15, 0.2) is 0 Å². The van der Waals surface area contributed by atoms with Gasteiger partial charge in [0.15, 0.2) is 0 Å². The van der Waals surface area contributed by atoms with Crippen molar-refractivity contribution in [2.45, 2.75) is 63.8 Å². The summed E-state index contributed by atoms with van der Waals surface area (Å²) in [4.78, 5) is 0. The number of nitrogens with two attached hydrogens (primary N) is 1. The molecule has 0 spiro atoms. The summed E-state index contributed by atoms with van der Waals surface area (Å²) >= 11 is 0. The summed E-state index contributed by atoms with van der Waals surface area (Å²) < 4.78 is 0. The molecular weight excluding hydrogens is 194 g/mol. The monoisotopic (exact) mass is 219 g/mol. The van der Waals surface area contributed by atoms with E-state index in [9.17, 15) is 0 Å². The third-order valence-corrected chi connectivity index (χ3v) is 4.81. The first-order valence-electron chi connectivity index (χ1n) is 7.00. The van der Waals surface area contributed by atoms with E-state index in [0.29, 0.717) is 6.04 Å². The summed E-state index contributed by atoms with van der Waals surface area (Å²) in [6, 6.07) is 0.360. The molecule has 1 heteroatoms. The highest BCUT2D eigenvalue weighted by Crippen LogP contribution is 2.43. The van der Waals surface area contributed by atoms with Gasteiger partial charge in [-0.2, -0.15) is 0 Å². The predicted octanol–water partition coefficient (Wildman–Crippen LogP) is 3.33. The number of terminal acetylenes is 1. The fraction of sp³-hybridized carbons (Fsp3) is 0.867. The van der Waals surface area contributed by atoms with Crippen LogP contribution in [-0.2, 0) is 0 Å². The zero-order valence-corrected chi connectivity index (χ0v) is 10.3. The first-order chi connectivity index (χ1) is 7.81. The van der Waals surface area contributed by atoms with E-state index in [2.05, 4.69) is 5.92 Å². The lowest BCUT2D eigenvalue weighted by Gasteiger charge is -2.41. The Bertz CT molecular complexity index is 253. The van der Waals surface area contributed by atoms with Crippen molar-refractivity contribution in [3.63, 3.8) is 0 Å². The van der Waals surface area contributed by atoms with Gasteiger partial charge in [-0.25, -0.2) is 0 Å². The average Bonchev–Trinajstić information content (AvgIpc) is 2.35. The minimum atomic E-state index is 0.360. The number of fused-ring (bicyclic) bond motifs is 1. The molecule has 0 heterocycles. The van der Waals surface area contributed by atoms with Crippen molar-refractivity contribution in [3.05, 3.63) is 0 Å². The van der Waals surface area contributed by atoms with Crippen LogP contribution in [-0.4, -0.2) is 6.04 Å². The first kappa shape index (κ1) is 12.0. The standard InChI is InChI=1S/C15H25N/c1-2-3-8-15(16)14-10-9-12-6-4-5-7-13(12)11-14/h1,12-15H,3-11,16H2. The van der Waals surface area contributed by atoms with Crippen LogP contribution in [0.3, 0.4) is 0 Å². The Balaban J connectivity index is 1.82. The van der Waals surface area contributed by atoms with E-state index in [1.54, 1.807) is 0 Å². The van der Waals surface area contributed by atoms with Gasteiger partial charge in [-0.1, -0.05) is 25.7 Å². The molecule has 16 heavy (non-hydrogen) atoms. The molecule has 2 saturated carbocycles. The maximum absolute atomic E-state index is 6.26. The van der Waals surface area contributed by atoms with E-state index in [1.165, 1.54) is 44.9 Å². The molecule has 2 fully saturated rings. The molecule has 2 N–H and O–H groups in total. The largest absolute Gasteiger partial charge is 0.327 e. The van der Waals surface area contributed by atoms with Crippen molar-refractivity contribution >= 4 is 0 Å². The van der Waals surface area contributed by atoms with Crippen molar-refractivity contribution in [2.75, 3.05) is 0 Å². The van der Waals surface area contributed by atoms with Crippen molar-refractivity contribution in [2.24, 2.45) is 23.5 Å². The van der Waals surface area contributed by atoms with Crippen LogP contribution in [0.5, 0.6) is 0 Å². The molecule has 0 amide bonds. The highest BCUT2D eigenvalue weighted by Gasteiger charge is 2.33. The number of rotatable bonds is 3. The van der Waals surface area contributed by atoms with E-state index in [1.807, 2.05) is 0 Å². The fourth-order valence-corrected chi connectivity index (χ4v) is 3.78. The van der Waals surface area contributed by atoms with Gasteiger partial charge in [-0.15, -0.1) is 12.3 Å². The van der Waals surface area contributed by atoms with E-state index < -0.39 is 0 Å². The van der Waals surface area contributed by atoms with Gasteiger partial charge in [0.05, 0.1) is 0 Å². The maximum atomic E-state index is 6.26. The van der Waals surface area contributed by atoms with Crippen molar-refractivity contribution in [1.82, 2.24) is 0 Å². The summed E-state index contributed by atoms with van der Waals surface area (Å²) in [6.07, 6.45) is 17.2. The Morgan fingerprint density at radius 3 is 2.62 bits per heavy atom. The summed E-state index contributed by atoms with van der Waals surface area (Å²) in [5, 5.41) is 0. The number of hydrogen-bond donors (Lipinski definition) is 1. The van der Waals surface area contributed by atoms with E-state index in [-0.39, 0.29) is 0 Å². The molecule has 0 saturated heterocycles. The molecule has 0 bridgehead atoms. The molecule has 2 aliphatic rings. The average molecular weight is 219 g/mol. The molecule has 4 atom stereocenters. The summed E-state index contributed by atoms with van der Waals surface area (Å²) in [6.45, 7) is 0. The highest BCUT2D eigenvalue weighted by atomic mass is 14.7. The molecule has 0 aromatic heterocycles. The molecule has 0 aromatic carbocycles. The molecule has 1 nitrogen and oxygen atoms in total. The van der Waals surface area contributed by atoms with Gasteiger partial charge in [0.2, 0.25) is 0 Å². The fourth-order valence-electron chi connectivity index (χ4n) is 3.78. The maximum Gasteiger partial charge on any atom is 0.0101 e. The zero-order valence-electron chi connectivity index (χ0n) is 10.3. The van der Waals surface area contributed by atoms with Crippen molar-refractivity contribution < 1.29 is 0 Å². The zero-order chi connectivity index (χ0) is 11.4. The Kier molecular flexibility index (Phi) is 4.29. The second kappa shape index (κ2) is 5.73. The van der Waals surface area contributed by atoms with Gasteiger partial charge in [0, 0.05) is 12.5 Å². The number of hydrogen-bond acceptors (Lipinski definition) is 1. The van der Waals surface area contributed by atoms with Gasteiger partial charge in [0.25, 0.3) is 0 Å². The van der Waals surface area contributed by atoms with Gasteiger partial charge in [-0.05, 0) is 43.4 Å². The minimum Gasteiger partial charge on any atom is -0.327 e. The lowest BCUT2D eigenvalue weighted by Crippen LogP contribution is -2.37. The van der Waals surface area contributed by atoms with Crippen LogP contribution >= 0.6 is 0 Å². The summed E-state index contributed by atoms with van der Waals surface area (Å²) in [7, 11) is 0. The van der Waals surface area contributed by atoms with Crippen molar-refractivity contribution in [3.8, 4) is 12.3 Å². The second-order valence-electron chi connectivity index (χ2n) is 5.78. The molecule has 2 rings (SSSR count). The SMILES string of the molecule is C#CCCC(N)C1CCC2CCCCC2C1. The molecule has 0 aromatic rings. The lowest BCUT2D eigenvalue weighted by atomic mass is 9.66. The van der Waals surface area contributed by atoms with Gasteiger partial charge in [0.1, 0.15) is 0 Å². The molecule has 0 radical (unpaired) electrons. The summed E-state index contributed by atoms with van der Waals surface area (Å²) in [5.74, 6) is 5.49. The van der Waals surface area contributed by atoms with E-state index in [4.69, 9.17) is 12.2 Å². The second-order valence-corrected chi connectivity index (χ2v) is 5.78. The summed E-state index contributed by atoms with van der Waals surface area (Å²) in [5.41, 5.74) is 6.26. The van der Waals surface area contributed by atoms with Crippen LogP contribution in [0, 0.1) is 30.1 Å². The molecule has 90 valence electrons. The lowest BCUT2D eigenvalue weighted by molar-refractivity contribution is 0.116. The Labute approximate surface area is 100 Å². The Morgan fingerprint density at radius 1 is 1.12 bits per heavy atom. The van der Waals surface area contributed by atoms with Crippen LogP contribution < -0.4 is 5.73 Å². The van der Waals surface area contributed by atoms with Crippen LogP contribution in [0.2, 0.25) is 0 Å². The molecule has 4 unspecified atom stereocenters. The van der Waals surface area contributed by atoms with Crippen LogP contribution in [0.25, 0.3) is 0 Å². The smallest absolute Gasteiger partial charge is 0.0101 e. The normalized spacial score (nSPS) is 36.1. The van der Waals surface area contributed by atoms with Crippen LogP contribution in [0.4, 0.5) is 0 Å². The van der Waals surface area contributed by atoms with Crippen molar-refractivity contribution in [1.29, 1.82) is 0 Å². The quantitative estimate of drug-likeness (QED) is 0.724. The van der Waals surface area contributed by atoms with Gasteiger partial charge in [-0.3, -0.25) is 0 Å². The van der Waals surface area contributed by atoms with Gasteiger partial charge < -0.3 is 5.73 Å². The topological polar surface area (TPSA) is 26.0 Å². The van der Waals surface area contributed by atoms with E-state index in [0.717, 1.165) is 30.6 Å². The highest BCUT2D eigenvalue weighted by molar-refractivity contribution is 4.90. The first-order valence-corrected chi connectivity index (χ1v) is 7.00. The van der Waals surface area contributed by atoms with Gasteiger partial charge >= 0.3 is 0 Å². The molecular formula is C15H25N. The third kappa shape index (κ3) is 2.80. The minimum absolute atomic E-state index is 0.360. The third-order valence-electron chi connectivity index (χ3n) is 4.81. The molecule has 0 aliphatic heterocycles. The Morgan fingerprint density at radius 2 is 1.88 bits per heavy atom. The predicted molar refractivity (Wildman–Crippen MR) is 68.8 cm³/mol. The van der Waals surface area contributed by atoms with E-state index >= 15 is 0 Å². The molecule has 2 aliphatic carbocycles.